The van der Waals surface area contributed by atoms with Crippen LogP contribution in [0.2, 0.25) is 0 Å². The molecule has 0 radical (unpaired) electrons. The predicted octanol–water partition coefficient (Wildman–Crippen LogP) is 3.05. The Kier molecular flexibility index (Phi) is 4.77. The summed E-state index contributed by atoms with van der Waals surface area (Å²) < 4.78 is 5.48. The van der Waals surface area contributed by atoms with Gasteiger partial charge in [-0.1, -0.05) is 13.8 Å². The molecule has 3 N–H and O–H groups in total. The third-order valence-electron chi connectivity index (χ3n) is 5.32. The fourth-order valence-electron chi connectivity index (χ4n) is 4.20. The van der Waals surface area contributed by atoms with Gasteiger partial charge in [-0.05, 0) is 64.7 Å². The maximum Gasteiger partial charge on any atom is 0.410 e. The molecule has 5 nitrogen and oxygen atoms in total. The highest BCUT2D eigenvalue weighted by molar-refractivity contribution is 5.68. The summed E-state index contributed by atoms with van der Waals surface area (Å²) in [5.41, 5.74) is 4.60. The number of hydrogen-bond acceptors (Lipinski definition) is 4. The third kappa shape index (κ3) is 4.18. The van der Waals surface area contributed by atoms with Gasteiger partial charge in [0.05, 0.1) is 11.1 Å². The molecule has 1 aliphatic carbocycles. The highest BCUT2D eigenvalue weighted by atomic mass is 16.6. The summed E-state index contributed by atoms with van der Waals surface area (Å²) in [5, 5.41) is 11.3. The van der Waals surface area contributed by atoms with Gasteiger partial charge in [-0.3, -0.25) is 0 Å². The molecule has 0 aromatic rings. The van der Waals surface area contributed by atoms with Crippen molar-refractivity contribution >= 4 is 6.09 Å². The first-order chi connectivity index (χ1) is 10.4. The molecule has 2 atom stereocenters. The zero-order valence-electron chi connectivity index (χ0n) is 15.4. The summed E-state index contributed by atoms with van der Waals surface area (Å²) in [6.45, 7) is 11.0. The van der Waals surface area contributed by atoms with Crippen molar-refractivity contribution < 1.29 is 14.6 Å². The number of carbonyl (C=O) groups excluding carboxylic acids is 1. The first kappa shape index (κ1) is 18.5. The monoisotopic (exact) mass is 326 g/mol. The van der Waals surface area contributed by atoms with E-state index in [1.165, 1.54) is 0 Å². The first-order valence-corrected chi connectivity index (χ1v) is 8.85. The summed E-state index contributed by atoms with van der Waals surface area (Å²) in [5.74, 6) is 0. The summed E-state index contributed by atoms with van der Waals surface area (Å²) in [4.78, 5) is 14.1. The maximum absolute atomic E-state index is 12.4. The fraction of sp³-hybridized carbons (Fsp3) is 0.944. The van der Waals surface area contributed by atoms with Crippen LogP contribution in [0.3, 0.4) is 0 Å². The topological polar surface area (TPSA) is 75.8 Å². The van der Waals surface area contributed by atoms with E-state index in [9.17, 15) is 9.90 Å². The number of amides is 1. The molecule has 0 spiro atoms. The minimum atomic E-state index is -0.907. The van der Waals surface area contributed by atoms with E-state index in [1.54, 1.807) is 4.90 Å². The number of hydrogen-bond donors (Lipinski definition) is 2. The molecule has 134 valence electrons. The lowest BCUT2D eigenvalue weighted by atomic mass is 9.61. The van der Waals surface area contributed by atoms with Crippen LogP contribution in [-0.2, 0) is 4.74 Å². The number of ether oxygens (including phenoxy) is 1. The van der Waals surface area contributed by atoms with Crippen molar-refractivity contribution in [2.24, 2.45) is 11.1 Å². The highest BCUT2D eigenvalue weighted by Crippen LogP contribution is 2.47. The second kappa shape index (κ2) is 5.92. The van der Waals surface area contributed by atoms with Gasteiger partial charge in [-0.15, -0.1) is 0 Å². The maximum atomic E-state index is 12.4. The Morgan fingerprint density at radius 1 is 1.17 bits per heavy atom. The van der Waals surface area contributed by atoms with Crippen molar-refractivity contribution in [1.29, 1.82) is 0 Å². The Labute approximate surface area is 140 Å². The molecule has 2 unspecified atom stereocenters. The Balaban J connectivity index is 2.13. The van der Waals surface area contributed by atoms with E-state index in [0.717, 1.165) is 32.1 Å². The van der Waals surface area contributed by atoms with Crippen molar-refractivity contribution in [3.05, 3.63) is 0 Å². The average Bonchev–Trinajstić information content (AvgIpc) is 2.35. The van der Waals surface area contributed by atoms with Crippen molar-refractivity contribution in [1.82, 2.24) is 4.90 Å². The van der Waals surface area contributed by atoms with Crippen LogP contribution in [0.5, 0.6) is 0 Å². The largest absolute Gasteiger partial charge is 0.444 e. The summed E-state index contributed by atoms with van der Waals surface area (Å²) in [7, 11) is 0. The second-order valence-corrected chi connectivity index (χ2v) is 9.39. The minimum absolute atomic E-state index is 0.0908. The standard InChI is InChI=1S/C18H34N2O3/c1-15(2,3)23-14(21)20-11-7-9-17(19,13-20)18(22)10-6-8-16(4,5)12-18/h22H,6-13,19H2,1-5H3. The molecule has 2 rings (SSSR count). The van der Waals surface area contributed by atoms with Crippen molar-refractivity contribution in [3.63, 3.8) is 0 Å². The van der Waals surface area contributed by atoms with Crippen LogP contribution < -0.4 is 5.73 Å². The molecule has 2 fully saturated rings. The Morgan fingerprint density at radius 3 is 2.39 bits per heavy atom. The molecule has 0 aromatic carbocycles. The summed E-state index contributed by atoms with van der Waals surface area (Å²) in [6.07, 6.45) is 4.73. The minimum Gasteiger partial charge on any atom is -0.444 e. The number of nitrogens with two attached hydrogens (primary N) is 1. The number of aliphatic hydroxyl groups is 1. The van der Waals surface area contributed by atoms with Gasteiger partial charge in [-0.25, -0.2) is 4.79 Å². The number of nitrogens with zero attached hydrogens (tertiary/aromatic N) is 1. The number of carbonyl (C=O) groups is 1. The molecule has 2 aliphatic rings. The van der Waals surface area contributed by atoms with Gasteiger partial charge in [0.15, 0.2) is 0 Å². The van der Waals surface area contributed by atoms with E-state index in [2.05, 4.69) is 13.8 Å². The molecule has 23 heavy (non-hydrogen) atoms. The lowest BCUT2D eigenvalue weighted by molar-refractivity contribution is -0.114. The lowest BCUT2D eigenvalue weighted by Gasteiger charge is -2.54. The van der Waals surface area contributed by atoms with E-state index in [-0.39, 0.29) is 11.5 Å². The Bertz CT molecular complexity index is 458. The van der Waals surface area contributed by atoms with Crippen molar-refractivity contribution in [2.45, 2.75) is 89.9 Å². The van der Waals surface area contributed by atoms with Gasteiger partial charge < -0.3 is 20.5 Å². The molecule has 1 saturated carbocycles. The molecule has 1 heterocycles. The van der Waals surface area contributed by atoms with Crippen LogP contribution in [0.1, 0.15) is 73.1 Å². The van der Waals surface area contributed by atoms with Gasteiger partial charge >= 0.3 is 6.09 Å². The van der Waals surface area contributed by atoms with Crippen LogP contribution in [0, 0.1) is 5.41 Å². The highest BCUT2D eigenvalue weighted by Gasteiger charge is 2.53. The van der Waals surface area contributed by atoms with Crippen LogP contribution in [0.4, 0.5) is 4.79 Å². The van der Waals surface area contributed by atoms with E-state index in [1.807, 2.05) is 20.8 Å². The van der Waals surface area contributed by atoms with Crippen LogP contribution in [0.15, 0.2) is 0 Å². The number of piperidine rings is 1. The predicted molar refractivity (Wildman–Crippen MR) is 91.2 cm³/mol. The molecule has 1 amide bonds. The Hall–Kier alpha value is -0.810. The molecule has 1 saturated heterocycles. The quantitative estimate of drug-likeness (QED) is 0.776. The van der Waals surface area contributed by atoms with Gasteiger partial charge in [0.1, 0.15) is 5.60 Å². The van der Waals surface area contributed by atoms with E-state index < -0.39 is 16.7 Å². The SMILES string of the molecule is CC1(C)CCCC(O)(C2(N)CCCN(C(=O)OC(C)(C)C)C2)C1. The first-order valence-electron chi connectivity index (χ1n) is 8.85. The zero-order chi connectivity index (χ0) is 17.5. The van der Waals surface area contributed by atoms with Crippen LogP contribution >= 0.6 is 0 Å². The molecule has 1 aliphatic heterocycles. The van der Waals surface area contributed by atoms with Crippen molar-refractivity contribution in [3.8, 4) is 0 Å². The lowest BCUT2D eigenvalue weighted by Crippen LogP contribution is -2.70. The molecule has 5 heteroatoms. The van der Waals surface area contributed by atoms with Crippen LogP contribution in [-0.4, -0.2) is 45.9 Å². The van der Waals surface area contributed by atoms with E-state index in [0.29, 0.717) is 19.5 Å². The smallest absolute Gasteiger partial charge is 0.410 e. The average molecular weight is 326 g/mol. The van der Waals surface area contributed by atoms with E-state index >= 15 is 0 Å². The van der Waals surface area contributed by atoms with Gasteiger partial charge in [0.25, 0.3) is 0 Å². The second-order valence-electron chi connectivity index (χ2n) is 9.39. The normalized spacial score (nSPS) is 35.0. The number of rotatable bonds is 1. The van der Waals surface area contributed by atoms with Gasteiger partial charge in [0, 0.05) is 13.1 Å². The van der Waals surface area contributed by atoms with E-state index in [4.69, 9.17) is 10.5 Å². The summed E-state index contributed by atoms with van der Waals surface area (Å²) in [6, 6.07) is 0. The zero-order valence-corrected chi connectivity index (χ0v) is 15.4. The Morgan fingerprint density at radius 2 is 1.83 bits per heavy atom. The molecule has 0 aromatic heterocycles. The molecule has 0 bridgehead atoms. The van der Waals surface area contributed by atoms with Crippen LogP contribution in [0.25, 0.3) is 0 Å². The fourth-order valence-corrected chi connectivity index (χ4v) is 4.20. The molecular weight excluding hydrogens is 292 g/mol. The third-order valence-corrected chi connectivity index (χ3v) is 5.32. The van der Waals surface area contributed by atoms with Crippen molar-refractivity contribution in [2.75, 3.05) is 13.1 Å². The molecular formula is C18H34N2O3. The number of likely N-dealkylation sites (tertiary alicyclic amines) is 1. The summed E-state index contributed by atoms with van der Waals surface area (Å²) >= 11 is 0. The van der Waals surface area contributed by atoms with Gasteiger partial charge in [-0.2, -0.15) is 0 Å². The van der Waals surface area contributed by atoms with Gasteiger partial charge in [0.2, 0.25) is 0 Å².